The molecule has 1 atom stereocenters. The summed E-state index contributed by atoms with van der Waals surface area (Å²) in [7, 11) is -2.75. The molecule has 0 amide bonds. The van der Waals surface area contributed by atoms with E-state index in [1.807, 2.05) is 0 Å². The predicted molar refractivity (Wildman–Crippen MR) is 103 cm³/mol. The number of para-hydroxylation sites is 1. The molecule has 2 N–H and O–H groups in total. The number of hydrogen-bond acceptors (Lipinski definition) is 6. The number of nitrogens with one attached hydrogen (secondary N) is 1. The van der Waals surface area contributed by atoms with Gasteiger partial charge in [0, 0.05) is 25.6 Å². The van der Waals surface area contributed by atoms with Gasteiger partial charge in [-0.2, -0.15) is 4.72 Å². The van der Waals surface area contributed by atoms with Crippen LogP contribution in [0.3, 0.4) is 0 Å². The van der Waals surface area contributed by atoms with Crippen LogP contribution in [0.2, 0.25) is 0 Å². The SMILES string of the molecule is Cn1cc(C(O)NS(=O)(=O)c2cccc3nccnc23)nc1-c1c(F)cccc1F. The van der Waals surface area contributed by atoms with Gasteiger partial charge >= 0.3 is 0 Å². The van der Waals surface area contributed by atoms with Crippen molar-refractivity contribution in [1.82, 2.24) is 24.2 Å². The van der Waals surface area contributed by atoms with Crippen molar-refractivity contribution in [3.8, 4) is 11.4 Å². The number of aliphatic hydroxyl groups excluding tert-OH is 1. The number of sulfonamides is 1. The minimum atomic E-state index is -4.22. The molecule has 0 aliphatic heterocycles. The van der Waals surface area contributed by atoms with Crippen LogP contribution in [0.5, 0.6) is 0 Å². The summed E-state index contributed by atoms with van der Waals surface area (Å²) in [6.45, 7) is 0. The lowest BCUT2D eigenvalue weighted by Crippen LogP contribution is -2.29. The summed E-state index contributed by atoms with van der Waals surface area (Å²) in [5.41, 5.74) is -0.0180. The summed E-state index contributed by atoms with van der Waals surface area (Å²) in [6.07, 6.45) is 2.29. The van der Waals surface area contributed by atoms with Crippen molar-refractivity contribution >= 4 is 21.1 Å². The first kappa shape index (κ1) is 20.0. The maximum Gasteiger partial charge on any atom is 0.245 e. The van der Waals surface area contributed by atoms with E-state index in [4.69, 9.17) is 0 Å². The molecule has 4 rings (SSSR count). The molecule has 0 bridgehead atoms. The van der Waals surface area contributed by atoms with Gasteiger partial charge in [-0.25, -0.2) is 22.2 Å². The number of aromatic nitrogens is 4. The van der Waals surface area contributed by atoms with Gasteiger partial charge in [0.2, 0.25) is 10.0 Å². The summed E-state index contributed by atoms with van der Waals surface area (Å²) >= 11 is 0. The molecule has 2 aromatic heterocycles. The molecule has 11 heteroatoms. The third kappa shape index (κ3) is 3.54. The van der Waals surface area contributed by atoms with Crippen molar-refractivity contribution in [1.29, 1.82) is 0 Å². The van der Waals surface area contributed by atoms with Crippen LogP contribution >= 0.6 is 0 Å². The van der Waals surface area contributed by atoms with E-state index in [0.717, 1.165) is 12.1 Å². The lowest BCUT2D eigenvalue weighted by molar-refractivity contribution is 0.162. The number of halogens is 2. The number of nitrogens with zero attached hydrogens (tertiary/aromatic N) is 4. The van der Waals surface area contributed by atoms with E-state index in [0.29, 0.717) is 5.52 Å². The summed E-state index contributed by atoms with van der Waals surface area (Å²) < 4.78 is 57.2. The Balaban J connectivity index is 1.68. The molecule has 4 aromatic rings. The van der Waals surface area contributed by atoms with Crippen LogP contribution in [0.1, 0.15) is 11.9 Å². The van der Waals surface area contributed by atoms with Gasteiger partial charge in [-0.15, -0.1) is 0 Å². The standard InChI is InChI=1S/C19H15F2N5O3S/c1-26-10-14(24-18(26)16-11(20)4-2-5-12(16)21)19(27)25-30(28,29)15-7-3-6-13-17(15)23-9-8-22-13/h2-10,19,25,27H,1H3. The van der Waals surface area contributed by atoms with Crippen LogP contribution in [0.4, 0.5) is 8.78 Å². The Bertz CT molecular complexity index is 1330. The topological polar surface area (TPSA) is 110 Å². The Hall–Kier alpha value is -3.28. The molecule has 154 valence electrons. The average Bonchev–Trinajstić information content (AvgIpc) is 3.09. The minimum Gasteiger partial charge on any atom is -0.372 e. The Morgan fingerprint density at radius 1 is 1.07 bits per heavy atom. The van der Waals surface area contributed by atoms with Crippen molar-refractivity contribution in [3.63, 3.8) is 0 Å². The highest BCUT2D eigenvalue weighted by Gasteiger charge is 2.26. The molecule has 2 aromatic carbocycles. The fraction of sp³-hybridized carbons (Fsp3) is 0.105. The van der Waals surface area contributed by atoms with Crippen molar-refractivity contribution in [2.45, 2.75) is 11.1 Å². The first-order valence-corrected chi connectivity index (χ1v) is 10.1. The van der Waals surface area contributed by atoms with Crippen LogP contribution in [0, 0.1) is 11.6 Å². The van der Waals surface area contributed by atoms with E-state index in [1.54, 1.807) is 6.07 Å². The van der Waals surface area contributed by atoms with E-state index < -0.39 is 27.9 Å². The number of aliphatic hydroxyl groups is 1. The van der Waals surface area contributed by atoms with Gasteiger partial charge in [0.15, 0.2) is 6.23 Å². The van der Waals surface area contributed by atoms with Crippen LogP contribution in [0.15, 0.2) is 59.9 Å². The molecule has 0 saturated carbocycles. The van der Waals surface area contributed by atoms with Gasteiger partial charge < -0.3 is 9.67 Å². The number of aryl methyl sites for hydroxylation is 1. The van der Waals surface area contributed by atoms with Crippen LogP contribution in [0.25, 0.3) is 22.4 Å². The Morgan fingerprint density at radius 2 is 1.73 bits per heavy atom. The van der Waals surface area contributed by atoms with Gasteiger partial charge in [0.25, 0.3) is 0 Å². The average molecular weight is 431 g/mol. The quantitative estimate of drug-likeness (QED) is 0.469. The van der Waals surface area contributed by atoms with E-state index >= 15 is 0 Å². The molecule has 2 heterocycles. The van der Waals surface area contributed by atoms with Crippen molar-refractivity contribution in [3.05, 3.63) is 72.3 Å². The molecule has 1 unspecified atom stereocenters. The highest BCUT2D eigenvalue weighted by atomic mass is 32.2. The van der Waals surface area contributed by atoms with Gasteiger partial charge in [-0.1, -0.05) is 12.1 Å². The normalized spacial score (nSPS) is 12.9. The fourth-order valence-electron chi connectivity index (χ4n) is 3.02. The van der Waals surface area contributed by atoms with E-state index in [-0.39, 0.29) is 27.5 Å². The maximum atomic E-state index is 14.1. The second kappa shape index (κ2) is 7.52. The number of rotatable bonds is 5. The van der Waals surface area contributed by atoms with E-state index in [9.17, 15) is 22.3 Å². The molecule has 0 aliphatic carbocycles. The van der Waals surface area contributed by atoms with Crippen LogP contribution < -0.4 is 4.72 Å². The Labute approximate surface area is 169 Å². The van der Waals surface area contributed by atoms with Gasteiger partial charge in [-0.05, 0) is 24.3 Å². The first-order chi connectivity index (χ1) is 14.3. The second-order valence-electron chi connectivity index (χ2n) is 6.40. The molecule has 30 heavy (non-hydrogen) atoms. The smallest absolute Gasteiger partial charge is 0.245 e. The molecule has 0 aliphatic rings. The van der Waals surface area contributed by atoms with Gasteiger partial charge in [0.1, 0.15) is 33.6 Å². The summed E-state index contributed by atoms with van der Waals surface area (Å²) in [4.78, 5) is 11.9. The van der Waals surface area contributed by atoms with Crippen molar-refractivity contribution < 1.29 is 22.3 Å². The Morgan fingerprint density at radius 3 is 2.47 bits per heavy atom. The summed E-state index contributed by atoms with van der Waals surface area (Å²) in [5.74, 6) is -1.77. The van der Waals surface area contributed by atoms with Crippen LogP contribution in [-0.2, 0) is 17.1 Å². The van der Waals surface area contributed by atoms with Crippen molar-refractivity contribution in [2.75, 3.05) is 0 Å². The molecule has 0 saturated heterocycles. The molecular weight excluding hydrogens is 416 g/mol. The number of fused-ring (bicyclic) bond motifs is 1. The third-order valence-corrected chi connectivity index (χ3v) is 5.82. The number of imidazole rings is 1. The highest BCUT2D eigenvalue weighted by molar-refractivity contribution is 7.89. The molecule has 0 radical (unpaired) electrons. The zero-order valence-electron chi connectivity index (χ0n) is 15.5. The molecule has 0 fully saturated rings. The zero-order chi connectivity index (χ0) is 21.5. The Kier molecular flexibility index (Phi) is 5.02. The van der Waals surface area contributed by atoms with E-state index in [2.05, 4.69) is 19.7 Å². The number of hydrogen-bond donors (Lipinski definition) is 2. The first-order valence-electron chi connectivity index (χ1n) is 8.65. The summed E-state index contributed by atoms with van der Waals surface area (Å²) in [5, 5.41) is 10.4. The lowest BCUT2D eigenvalue weighted by Gasteiger charge is -2.12. The predicted octanol–water partition coefficient (Wildman–Crippen LogP) is 2.28. The molecular formula is C19H15F2N5O3S. The summed E-state index contributed by atoms with van der Waals surface area (Å²) in [6, 6.07) is 7.79. The second-order valence-corrected chi connectivity index (χ2v) is 8.08. The largest absolute Gasteiger partial charge is 0.372 e. The highest BCUT2D eigenvalue weighted by Crippen LogP contribution is 2.27. The lowest BCUT2D eigenvalue weighted by atomic mass is 10.2. The molecule has 0 spiro atoms. The van der Waals surface area contributed by atoms with Crippen LogP contribution in [-0.4, -0.2) is 33.0 Å². The molecule has 8 nitrogen and oxygen atoms in total. The zero-order valence-corrected chi connectivity index (χ0v) is 16.3. The van der Waals surface area contributed by atoms with E-state index in [1.165, 1.54) is 48.4 Å². The minimum absolute atomic E-state index is 0.102. The van der Waals surface area contributed by atoms with Gasteiger partial charge in [0.05, 0.1) is 11.1 Å². The van der Waals surface area contributed by atoms with Crippen molar-refractivity contribution in [2.24, 2.45) is 7.05 Å². The maximum absolute atomic E-state index is 14.1. The third-order valence-electron chi connectivity index (χ3n) is 4.38. The van der Waals surface area contributed by atoms with Gasteiger partial charge in [-0.3, -0.25) is 9.97 Å². The number of benzene rings is 2. The monoisotopic (exact) mass is 431 g/mol. The fourth-order valence-corrected chi connectivity index (χ4v) is 4.23.